The van der Waals surface area contributed by atoms with Crippen LogP contribution in [0.1, 0.15) is 6.42 Å². The summed E-state index contributed by atoms with van der Waals surface area (Å²) in [4.78, 5) is 0. The molecule has 2 rings (SSSR count). The molecule has 19 heavy (non-hydrogen) atoms. The van der Waals surface area contributed by atoms with E-state index in [-0.39, 0.29) is 18.2 Å². The van der Waals surface area contributed by atoms with Crippen LogP contribution >= 0.6 is 27.5 Å². The van der Waals surface area contributed by atoms with Crippen molar-refractivity contribution in [3.05, 3.63) is 27.7 Å². The van der Waals surface area contributed by atoms with E-state index in [1.54, 1.807) is 19.2 Å². The van der Waals surface area contributed by atoms with Gasteiger partial charge < -0.3 is 19.9 Å². The van der Waals surface area contributed by atoms with Gasteiger partial charge in [0.15, 0.2) is 0 Å². The predicted octanol–water partition coefficient (Wildman–Crippen LogP) is 2.61. The second kappa shape index (κ2) is 6.90. The molecule has 0 radical (unpaired) electrons. The van der Waals surface area contributed by atoms with Crippen LogP contribution in [0.4, 0.5) is 0 Å². The Balaban J connectivity index is 1.91. The lowest BCUT2D eigenvalue weighted by molar-refractivity contribution is -0.107. The Labute approximate surface area is 126 Å². The molecule has 1 aromatic carbocycles. The highest BCUT2D eigenvalue weighted by molar-refractivity contribution is 9.10. The highest BCUT2D eigenvalue weighted by Crippen LogP contribution is 2.33. The van der Waals surface area contributed by atoms with Gasteiger partial charge in [-0.2, -0.15) is 0 Å². The van der Waals surface area contributed by atoms with Crippen molar-refractivity contribution in [3.8, 4) is 5.75 Å². The highest BCUT2D eigenvalue weighted by atomic mass is 79.9. The zero-order valence-electron chi connectivity index (χ0n) is 10.6. The average Bonchev–Trinajstić information content (AvgIpc) is 2.37. The molecule has 0 aliphatic heterocycles. The van der Waals surface area contributed by atoms with Crippen LogP contribution in [-0.4, -0.2) is 38.6 Å². The van der Waals surface area contributed by atoms with Crippen LogP contribution in [0.5, 0.6) is 5.75 Å². The number of hydrogen-bond donors (Lipinski definition) is 1. The fraction of sp³-hybridized carbons (Fsp3) is 0.538. The van der Waals surface area contributed by atoms with Gasteiger partial charge in [-0.1, -0.05) is 11.6 Å². The molecule has 1 aliphatic rings. The van der Waals surface area contributed by atoms with Crippen LogP contribution in [0.25, 0.3) is 0 Å². The van der Waals surface area contributed by atoms with Crippen molar-refractivity contribution in [2.75, 3.05) is 20.3 Å². The van der Waals surface area contributed by atoms with Crippen molar-refractivity contribution in [3.63, 3.8) is 0 Å². The summed E-state index contributed by atoms with van der Waals surface area (Å²) in [5, 5.41) is 0.664. The molecule has 3 atom stereocenters. The molecule has 106 valence electrons. The maximum Gasteiger partial charge on any atom is 0.134 e. The maximum absolute atomic E-state index is 5.93. The summed E-state index contributed by atoms with van der Waals surface area (Å²) >= 11 is 9.32. The summed E-state index contributed by atoms with van der Waals surface area (Å²) < 4.78 is 17.3. The predicted molar refractivity (Wildman–Crippen MR) is 77.8 cm³/mol. The molecule has 0 aromatic heterocycles. The fourth-order valence-corrected chi connectivity index (χ4v) is 2.74. The smallest absolute Gasteiger partial charge is 0.134 e. The van der Waals surface area contributed by atoms with Crippen LogP contribution < -0.4 is 10.5 Å². The Kier molecular flexibility index (Phi) is 5.47. The van der Waals surface area contributed by atoms with Gasteiger partial charge in [0.1, 0.15) is 18.0 Å². The van der Waals surface area contributed by atoms with E-state index in [0.29, 0.717) is 18.2 Å². The molecule has 1 aromatic rings. The number of benzene rings is 1. The molecule has 0 heterocycles. The lowest BCUT2D eigenvalue weighted by Gasteiger charge is -2.41. The first-order valence-electron chi connectivity index (χ1n) is 6.09. The van der Waals surface area contributed by atoms with Crippen LogP contribution in [0.2, 0.25) is 5.02 Å². The molecule has 1 aliphatic carbocycles. The van der Waals surface area contributed by atoms with Crippen molar-refractivity contribution >= 4 is 27.5 Å². The van der Waals surface area contributed by atoms with Crippen LogP contribution in [0.15, 0.2) is 22.7 Å². The van der Waals surface area contributed by atoms with Crippen molar-refractivity contribution in [1.29, 1.82) is 0 Å². The molecule has 3 unspecified atom stereocenters. The second-order valence-electron chi connectivity index (χ2n) is 4.46. The lowest BCUT2D eigenvalue weighted by atomic mass is 9.86. The summed E-state index contributed by atoms with van der Waals surface area (Å²) in [5.41, 5.74) is 5.93. The van der Waals surface area contributed by atoms with Gasteiger partial charge in [0, 0.05) is 24.6 Å². The van der Waals surface area contributed by atoms with Gasteiger partial charge in [-0.25, -0.2) is 0 Å². The number of ether oxygens (including phenoxy) is 3. The minimum atomic E-state index is -0.0854. The minimum Gasteiger partial charge on any atom is -0.486 e. The van der Waals surface area contributed by atoms with Gasteiger partial charge in [0.05, 0.1) is 17.7 Å². The third-order valence-electron chi connectivity index (χ3n) is 3.06. The van der Waals surface area contributed by atoms with Crippen molar-refractivity contribution in [1.82, 2.24) is 0 Å². The van der Waals surface area contributed by atoms with Crippen molar-refractivity contribution in [2.45, 2.75) is 24.7 Å². The van der Waals surface area contributed by atoms with Gasteiger partial charge in [-0.05, 0) is 34.1 Å². The number of rotatable bonds is 6. The third kappa shape index (κ3) is 3.83. The van der Waals surface area contributed by atoms with Gasteiger partial charge in [-0.3, -0.25) is 0 Å². The standard InChI is InChI=1S/C13H17BrClNO3/c1-17-4-5-18-13-10(16)7-12(13)19-11-3-2-8(15)6-9(11)14/h2-3,6,10,12-13H,4-5,7,16H2,1H3. The molecule has 0 bridgehead atoms. The Hall–Kier alpha value is -0.330. The van der Waals surface area contributed by atoms with Gasteiger partial charge in [-0.15, -0.1) is 0 Å². The van der Waals surface area contributed by atoms with Crippen LogP contribution in [-0.2, 0) is 9.47 Å². The number of halogens is 2. The zero-order chi connectivity index (χ0) is 13.8. The number of hydrogen-bond acceptors (Lipinski definition) is 4. The van der Waals surface area contributed by atoms with E-state index in [1.807, 2.05) is 6.07 Å². The maximum atomic E-state index is 5.93. The molecule has 0 spiro atoms. The Morgan fingerprint density at radius 2 is 2.21 bits per heavy atom. The zero-order valence-corrected chi connectivity index (χ0v) is 13.0. The number of nitrogens with two attached hydrogens (primary N) is 1. The highest BCUT2D eigenvalue weighted by Gasteiger charge is 2.41. The van der Waals surface area contributed by atoms with E-state index in [9.17, 15) is 0 Å². The first kappa shape index (κ1) is 15.1. The summed E-state index contributed by atoms with van der Waals surface area (Å²) in [6.45, 7) is 1.08. The third-order valence-corrected chi connectivity index (χ3v) is 3.92. The molecule has 2 N–H and O–H groups in total. The fourth-order valence-electron chi connectivity index (χ4n) is 1.96. The van der Waals surface area contributed by atoms with E-state index < -0.39 is 0 Å². The Morgan fingerprint density at radius 3 is 2.84 bits per heavy atom. The van der Waals surface area contributed by atoms with E-state index >= 15 is 0 Å². The van der Waals surface area contributed by atoms with Crippen LogP contribution in [0.3, 0.4) is 0 Å². The Morgan fingerprint density at radius 1 is 1.42 bits per heavy atom. The van der Waals surface area contributed by atoms with Gasteiger partial charge in [0.2, 0.25) is 0 Å². The summed E-state index contributed by atoms with van der Waals surface area (Å²) in [7, 11) is 1.64. The second-order valence-corrected chi connectivity index (χ2v) is 5.75. The molecule has 0 saturated heterocycles. The SMILES string of the molecule is COCCOC1C(N)CC1Oc1ccc(Cl)cc1Br. The number of methoxy groups -OCH3 is 1. The average molecular weight is 351 g/mol. The molecule has 6 heteroatoms. The first-order valence-corrected chi connectivity index (χ1v) is 7.26. The molecule has 1 fully saturated rings. The lowest BCUT2D eigenvalue weighted by Crippen LogP contribution is -2.59. The summed E-state index contributed by atoms with van der Waals surface area (Å²) in [6.07, 6.45) is 0.675. The topological polar surface area (TPSA) is 53.7 Å². The molecule has 1 saturated carbocycles. The van der Waals surface area contributed by atoms with Gasteiger partial charge >= 0.3 is 0 Å². The molecule has 4 nitrogen and oxygen atoms in total. The molecular formula is C13H17BrClNO3. The minimum absolute atomic E-state index is 0.0212. The van der Waals surface area contributed by atoms with E-state index in [1.165, 1.54) is 0 Å². The quantitative estimate of drug-likeness (QED) is 0.801. The summed E-state index contributed by atoms with van der Waals surface area (Å²) in [6, 6.07) is 5.45. The molecular weight excluding hydrogens is 334 g/mol. The van der Waals surface area contributed by atoms with E-state index in [4.69, 9.17) is 31.5 Å². The normalized spacial score (nSPS) is 26.0. The first-order chi connectivity index (χ1) is 9.11. The summed E-state index contributed by atoms with van der Waals surface area (Å²) in [5.74, 6) is 0.752. The van der Waals surface area contributed by atoms with E-state index in [0.717, 1.165) is 16.6 Å². The monoisotopic (exact) mass is 349 g/mol. The van der Waals surface area contributed by atoms with Crippen molar-refractivity contribution < 1.29 is 14.2 Å². The molecule has 0 amide bonds. The van der Waals surface area contributed by atoms with Crippen LogP contribution in [0, 0.1) is 0 Å². The van der Waals surface area contributed by atoms with Crippen molar-refractivity contribution in [2.24, 2.45) is 5.73 Å². The van der Waals surface area contributed by atoms with Gasteiger partial charge in [0.25, 0.3) is 0 Å². The largest absolute Gasteiger partial charge is 0.486 e. The Bertz CT molecular complexity index is 432. The van der Waals surface area contributed by atoms with E-state index in [2.05, 4.69) is 15.9 Å².